The van der Waals surface area contributed by atoms with Crippen molar-refractivity contribution in [2.75, 3.05) is 0 Å². The molecule has 1 nitrogen and oxygen atoms in total. The summed E-state index contributed by atoms with van der Waals surface area (Å²) in [7, 11) is 0. The molecule has 80 valence electrons. The van der Waals surface area contributed by atoms with Gasteiger partial charge in [-0.15, -0.1) is 0 Å². The minimum atomic E-state index is 0.118. The van der Waals surface area contributed by atoms with Crippen LogP contribution in [0.15, 0.2) is 48.0 Å². The van der Waals surface area contributed by atoms with E-state index in [-0.39, 0.29) is 5.78 Å². The van der Waals surface area contributed by atoms with Crippen LogP contribution in [0.3, 0.4) is 0 Å². The van der Waals surface area contributed by atoms with Gasteiger partial charge in [-0.2, -0.15) is 0 Å². The number of Topliss-reactive ketones (excluding diaryl/α,β-unsaturated/α-hetero) is 1. The first kappa shape index (κ1) is 10.6. The molecule has 2 aromatic rings. The van der Waals surface area contributed by atoms with Gasteiger partial charge in [0.1, 0.15) is 0 Å². The van der Waals surface area contributed by atoms with Gasteiger partial charge in [-0.25, -0.2) is 0 Å². The summed E-state index contributed by atoms with van der Waals surface area (Å²) in [6.45, 7) is 3.45. The maximum atomic E-state index is 11.2. The zero-order valence-electron chi connectivity index (χ0n) is 9.53. The van der Waals surface area contributed by atoms with E-state index in [9.17, 15) is 4.79 Å². The summed E-state index contributed by atoms with van der Waals surface area (Å²) in [4.78, 5) is 11.2. The highest BCUT2D eigenvalue weighted by Crippen LogP contribution is 2.20. The fraction of sp³-hybridized carbons (Fsp3) is 0.133. The molecule has 0 aliphatic carbocycles. The molecule has 0 unspecified atom stereocenters. The van der Waals surface area contributed by atoms with Gasteiger partial charge in [0, 0.05) is 0 Å². The first-order valence-corrected chi connectivity index (χ1v) is 5.35. The van der Waals surface area contributed by atoms with Crippen LogP contribution in [-0.2, 0) is 4.79 Å². The van der Waals surface area contributed by atoms with Crippen LogP contribution in [-0.4, -0.2) is 5.78 Å². The molecule has 0 N–H and O–H groups in total. The van der Waals surface area contributed by atoms with Crippen LogP contribution >= 0.6 is 0 Å². The van der Waals surface area contributed by atoms with Gasteiger partial charge in [0.15, 0.2) is 5.78 Å². The lowest BCUT2D eigenvalue weighted by Gasteiger charge is -2.02. The van der Waals surface area contributed by atoms with E-state index < -0.39 is 0 Å². The van der Waals surface area contributed by atoms with Crippen LogP contribution in [0.5, 0.6) is 0 Å². The number of hydrogen-bond donors (Lipinski definition) is 0. The van der Waals surface area contributed by atoms with Crippen molar-refractivity contribution in [1.29, 1.82) is 0 Å². The summed E-state index contributed by atoms with van der Waals surface area (Å²) in [5.41, 5.74) is 1.89. The van der Waals surface area contributed by atoms with Crippen LogP contribution in [0.2, 0.25) is 0 Å². The number of carbonyl (C=O) groups excluding carboxylic acids is 1. The van der Waals surface area contributed by atoms with E-state index in [1.165, 1.54) is 10.8 Å². The van der Waals surface area contributed by atoms with E-state index >= 15 is 0 Å². The zero-order chi connectivity index (χ0) is 11.5. The SMILES string of the molecule is CC(=O)/C(C)=C/c1cccc2ccccc12. The van der Waals surface area contributed by atoms with Crippen LogP contribution in [0.25, 0.3) is 16.8 Å². The molecule has 0 aliphatic rings. The Morgan fingerprint density at radius 1 is 1.00 bits per heavy atom. The topological polar surface area (TPSA) is 17.1 Å². The third kappa shape index (κ3) is 2.03. The number of ketones is 1. The molecular weight excluding hydrogens is 196 g/mol. The Balaban J connectivity index is 2.61. The number of rotatable bonds is 2. The van der Waals surface area contributed by atoms with Crippen molar-refractivity contribution in [2.24, 2.45) is 0 Å². The molecule has 0 heterocycles. The van der Waals surface area contributed by atoms with Crippen LogP contribution in [0.1, 0.15) is 19.4 Å². The van der Waals surface area contributed by atoms with E-state index in [0.717, 1.165) is 11.1 Å². The molecule has 0 spiro atoms. The number of benzene rings is 2. The van der Waals surface area contributed by atoms with Crippen molar-refractivity contribution >= 4 is 22.6 Å². The van der Waals surface area contributed by atoms with Crippen molar-refractivity contribution in [3.63, 3.8) is 0 Å². The molecule has 0 aliphatic heterocycles. The van der Waals surface area contributed by atoms with Crippen molar-refractivity contribution in [1.82, 2.24) is 0 Å². The van der Waals surface area contributed by atoms with Gasteiger partial charge in [0.25, 0.3) is 0 Å². The summed E-state index contributed by atoms with van der Waals surface area (Å²) < 4.78 is 0. The predicted octanol–water partition coefficient (Wildman–Crippen LogP) is 3.83. The fourth-order valence-electron chi connectivity index (χ4n) is 1.71. The normalized spacial score (nSPS) is 11.8. The lowest BCUT2D eigenvalue weighted by atomic mass is 10.0. The Morgan fingerprint density at radius 2 is 1.69 bits per heavy atom. The molecule has 16 heavy (non-hydrogen) atoms. The predicted molar refractivity (Wildman–Crippen MR) is 68.3 cm³/mol. The zero-order valence-corrected chi connectivity index (χ0v) is 9.53. The highest BCUT2D eigenvalue weighted by atomic mass is 16.1. The molecule has 0 saturated heterocycles. The Bertz CT molecular complexity index is 559. The number of carbonyl (C=O) groups is 1. The van der Waals surface area contributed by atoms with Gasteiger partial charge in [-0.3, -0.25) is 4.79 Å². The second-order valence-electron chi connectivity index (χ2n) is 3.95. The maximum Gasteiger partial charge on any atom is 0.155 e. The number of hydrogen-bond acceptors (Lipinski definition) is 1. The molecule has 0 atom stereocenters. The molecule has 0 aromatic heterocycles. The molecule has 2 rings (SSSR count). The monoisotopic (exact) mass is 210 g/mol. The van der Waals surface area contributed by atoms with Gasteiger partial charge < -0.3 is 0 Å². The smallest absolute Gasteiger partial charge is 0.155 e. The van der Waals surface area contributed by atoms with E-state index in [0.29, 0.717) is 0 Å². The molecule has 0 bridgehead atoms. The van der Waals surface area contributed by atoms with Gasteiger partial charge >= 0.3 is 0 Å². The standard InChI is InChI=1S/C15H14O/c1-11(12(2)16)10-14-8-5-7-13-6-3-4-9-15(13)14/h3-10H,1-2H3/b11-10+. The van der Waals surface area contributed by atoms with Crippen molar-refractivity contribution in [2.45, 2.75) is 13.8 Å². The summed E-state index contributed by atoms with van der Waals surface area (Å²) in [5, 5.41) is 2.39. The Labute approximate surface area is 95.4 Å². The summed E-state index contributed by atoms with van der Waals surface area (Å²) in [6, 6.07) is 14.3. The first-order valence-electron chi connectivity index (χ1n) is 5.35. The average molecular weight is 210 g/mol. The van der Waals surface area contributed by atoms with E-state index in [1.54, 1.807) is 6.92 Å². The summed E-state index contributed by atoms with van der Waals surface area (Å²) in [6.07, 6.45) is 1.95. The summed E-state index contributed by atoms with van der Waals surface area (Å²) >= 11 is 0. The third-order valence-electron chi connectivity index (χ3n) is 2.75. The molecule has 0 fully saturated rings. The molecular formula is C15H14O. The van der Waals surface area contributed by atoms with Gasteiger partial charge in [0.05, 0.1) is 0 Å². The third-order valence-corrected chi connectivity index (χ3v) is 2.75. The molecule has 2 aromatic carbocycles. The summed E-state index contributed by atoms with van der Waals surface area (Å²) in [5.74, 6) is 0.118. The molecule has 0 amide bonds. The molecule has 0 radical (unpaired) electrons. The van der Waals surface area contributed by atoms with Gasteiger partial charge in [-0.1, -0.05) is 42.5 Å². The lowest BCUT2D eigenvalue weighted by Crippen LogP contribution is -1.91. The average Bonchev–Trinajstić information content (AvgIpc) is 2.29. The van der Waals surface area contributed by atoms with Crippen LogP contribution in [0.4, 0.5) is 0 Å². The van der Waals surface area contributed by atoms with E-state index in [4.69, 9.17) is 0 Å². The fourth-order valence-corrected chi connectivity index (χ4v) is 1.71. The van der Waals surface area contributed by atoms with Gasteiger partial charge in [0.2, 0.25) is 0 Å². The Morgan fingerprint density at radius 3 is 2.44 bits per heavy atom. The largest absolute Gasteiger partial charge is 0.295 e. The van der Waals surface area contributed by atoms with Crippen molar-refractivity contribution in [3.8, 4) is 0 Å². The Hall–Kier alpha value is -1.89. The molecule has 1 heteroatoms. The van der Waals surface area contributed by atoms with Crippen LogP contribution < -0.4 is 0 Å². The Kier molecular flexibility index (Phi) is 2.86. The second-order valence-corrected chi connectivity index (χ2v) is 3.95. The minimum Gasteiger partial charge on any atom is -0.295 e. The minimum absolute atomic E-state index is 0.118. The second kappa shape index (κ2) is 4.31. The number of fused-ring (bicyclic) bond motifs is 1. The highest BCUT2D eigenvalue weighted by Gasteiger charge is 2.00. The quantitative estimate of drug-likeness (QED) is 0.688. The van der Waals surface area contributed by atoms with Crippen molar-refractivity contribution < 1.29 is 4.79 Å². The highest BCUT2D eigenvalue weighted by molar-refractivity contribution is 6.00. The van der Waals surface area contributed by atoms with Gasteiger partial charge in [-0.05, 0) is 41.8 Å². The number of allylic oxidation sites excluding steroid dienone is 1. The lowest BCUT2D eigenvalue weighted by molar-refractivity contribution is -0.113. The first-order chi connectivity index (χ1) is 7.68. The van der Waals surface area contributed by atoms with Crippen molar-refractivity contribution in [3.05, 3.63) is 53.6 Å². The molecule has 0 saturated carbocycles. The maximum absolute atomic E-state index is 11.2. The van der Waals surface area contributed by atoms with Crippen LogP contribution in [0, 0.1) is 0 Å². The van der Waals surface area contributed by atoms with E-state index in [1.807, 2.05) is 37.3 Å². The van der Waals surface area contributed by atoms with E-state index in [2.05, 4.69) is 18.2 Å².